The molecule has 114 valence electrons. The minimum Gasteiger partial charge on any atom is -0.245 e. The predicted molar refractivity (Wildman–Crippen MR) is 86.8 cm³/mol. The molecule has 23 heavy (non-hydrogen) atoms. The maximum absolute atomic E-state index is 13.0. The molecule has 0 N–H and O–H groups in total. The molecule has 2 aliphatic carbocycles. The molecule has 1 fully saturated rings. The van der Waals surface area contributed by atoms with Crippen molar-refractivity contribution >= 4 is 11.3 Å². The topological polar surface area (TPSA) is 48.9 Å². The molecule has 6 rings (SSSR count). The van der Waals surface area contributed by atoms with Gasteiger partial charge >= 0.3 is 11.4 Å². The normalized spacial score (nSPS) is 29.0. The van der Waals surface area contributed by atoms with Crippen LogP contribution in [0, 0.1) is 0 Å². The summed E-state index contributed by atoms with van der Waals surface area (Å²) in [6, 6.07) is 9.48. The summed E-state index contributed by atoms with van der Waals surface area (Å²) in [5.41, 5.74) is 3.02. The van der Waals surface area contributed by atoms with Crippen molar-refractivity contribution in [3.05, 3.63) is 73.2 Å². The molecular formula is C17H13N3O2S. The Kier molecular flexibility index (Phi) is 1.98. The third-order valence-electron chi connectivity index (χ3n) is 5.79. The number of hydrogen-bond acceptors (Lipinski definition) is 3. The minimum atomic E-state index is -0.198. The van der Waals surface area contributed by atoms with Gasteiger partial charge in [-0.2, -0.15) is 11.3 Å². The van der Waals surface area contributed by atoms with E-state index in [1.807, 2.05) is 30.3 Å². The van der Waals surface area contributed by atoms with Crippen LogP contribution in [0.4, 0.5) is 0 Å². The van der Waals surface area contributed by atoms with Gasteiger partial charge < -0.3 is 0 Å². The van der Waals surface area contributed by atoms with Gasteiger partial charge in [-0.15, -0.1) is 0 Å². The zero-order valence-corrected chi connectivity index (χ0v) is 12.9. The van der Waals surface area contributed by atoms with Gasteiger partial charge in [0.2, 0.25) is 0 Å². The Hall–Kier alpha value is -2.34. The number of aromatic nitrogens is 3. The van der Waals surface area contributed by atoms with Gasteiger partial charge in [-0.05, 0) is 40.4 Å². The number of nitrogens with zero attached hydrogens (tertiary/aromatic N) is 3. The number of rotatable bonds is 1. The molecule has 6 heteroatoms. The first-order valence-electron chi connectivity index (χ1n) is 7.85. The number of para-hydroxylation sites is 1. The molecular weight excluding hydrogens is 310 g/mol. The van der Waals surface area contributed by atoms with E-state index < -0.39 is 0 Å². The summed E-state index contributed by atoms with van der Waals surface area (Å²) < 4.78 is 4.78. The van der Waals surface area contributed by atoms with Gasteiger partial charge in [0.15, 0.2) is 0 Å². The summed E-state index contributed by atoms with van der Waals surface area (Å²) in [5, 5.41) is 4.42. The summed E-state index contributed by atoms with van der Waals surface area (Å²) in [4.78, 5) is 25.9. The van der Waals surface area contributed by atoms with Crippen LogP contribution in [0.5, 0.6) is 0 Å². The first-order chi connectivity index (χ1) is 11.3. The highest BCUT2D eigenvalue weighted by Gasteiger charge is 2.60. The van der Waals surface area contributed by atoms with Gasteiger partial charge in [0.25, 0.3) is 0 Å². The van der Waals surface area contributed by atoms with E-state index in [1.54, 1.807) is 20.7 Å². The molecule has 4 bridgehead atoms. The van der Waals surface area contributed by atoms with Gasteiger partial charge in [0.05, 0.1) is 17.8 Å². The summed E-state index contributed by atoms with van der Waals surface area (Å²) in [7, 11) is 0. The third-order valence-corrected chi connectivity index (χ3v) is 6.57. The number of hydrogen-bond donors (Lipinski definition) is 0. The zero-order chi connectivity index (χ0) is 15.3. The SMILES string of the molecule is O=c1n(-c2ccccc2)c(=O)n2n1C1CC3c4cscc4C1C32. The molecule has 5 nitrogen and oxygen atoms in total. The zero-order valence-electron chi connectivity index (χ0n) is 12.1. The molecule has 4 unspecified atom stereocenters. The van der Waals surface area contributed by atoms with E-state index in [1.165, 1.54) is 15.7 Å². The molecule has 0 spiro atoms. The minimum absolute atomic E-state index is 0.128. The standard InChI is InChI=1S/C17H13N3O2S/c21-16-18(9-4-2-1-3-5-9)17(22)20-15-10-6-13(19(16)20)14(15)12-8-23-7-11(10)12/h1-5,7-8,10,13-15H,6H2. The van der Waals surface area contributed by atoms with Crippen molar-refractivity contribution in [3.8, 4) is 5.69 Å². The fraction of sp³-hybridized carbons (Fsp3) is 0.294. The van der Waals surface area contributed by atoms with Crippen LogP contribution in [-0.2, 0) is 0 Å². The van der Waals surface area contributed by atoms with Crippen molar-refractivity contribution in [3.63, 3.8) is 0 Å². The van der Waals surface area contributed by atoms with Gasteiger partial charge in [-0.1, -0.05) is 18.2 Å². The molecule has 1 aromatic carbocycles. The van der Waals surface area contributed by atoms with Gasteiger partial charge in [-0.25, -0.2) is 23.5 Å². The Morgan fingerprint density at radius 2 is 1.70 bits per heavy atom. The average Bonchev–Trinajstić information content (AvgIpc) is 3.32. The second-order valence-corrected chi connectivity index (χ2v) is 7.38. The third kappa shape index (κ3) is 1.19. The van der Waals surface area contributed by atoms with Crippen molar-refractivity contribution in [1.82, 2.24) is 13.9 Å². The van der Waals surface area contributed by atoms with E-state index >= 15 is 0 Å². The van der Waals surface area contributed by atoms with E-state index in [4.69, 9.17) is 0 Å². The van der Waals surface area contributed by atoms with E-state index in [-0.39, 0.29) is 23.5 Å². The summed E-state index contributed by atoms with van der Waals surface area (Å²) in [6.45, 7) is 0. The fourth-order valence-electron chi connectivity index (χ4n) is 5.03. The summed E-state index contributed by atoms with van der Waals surface area (Å²) >= 11 is 1.73. The lowest BCUT2D eigenvalue weighted by molar-refractivity contribution is 0.338. The Morgan fingerprint density at radius 3 is 2.52 bits per heavy atom. The number of benzene rings is 1. The highest BCUT2D eigenvalue weighted by molar-refractivity contribution is 7.08. The highest BCUT2D eigenvalue weighted by atomic mass is 32.1. The van der Waals surface area contributed by atoms with E-state index in [0.717, 1.165) is 6.42 Å². The first-order valence-corrected chi connectivity index (χ1v) is 8.79. The first kappa shape index (κ1) is 12.1. The molecule has 2 aromatic heterocycles. The highest BCUT2D eigenvalue weighted by Crippen LogP contribution is 2.67. The van der Waals surface area contributed by atoms with Gasteiger partial charge in [-0.3, -0.25) is 0 Å². The Balaban J connectivity index is 1.63. The second kappa shape index (κ2) is 3.76. The van der Waals surface area contributed by atoms with Crippen molar-refractivity contribution in [2.75, 3.05) is 0 Å². The molecule has 1 aliphatic heterocycles. The fourth-order valence-corrected chi connectivity index (χ4v) is 6.00. The monoisotopic (exact) mass is 323 g/mol. The van der Waals surface area contributed by atoms with Crippen LogP contribution < -0.4 is 11.4 Å². The summed E-state index contributed by atoms with van der Waals surface area (Å²) in [5.74, 6) is 0.710. The van der Waals surface area contributed by atoms with E-state index in [0.29, 0.717) is 17.5 Å². The van der Waals surface area contributed by atoms with Crippen LogP contribution in [0.3, 0.4) is 0 Å². The van der Waals surface area contributed by atoms with Crippen molar-refractivity contribution in [2.45, 2.75) is 30.3 Å². The molecule has 1 saturated carbocycles. The van der Waals surface area contributed by atoms with Crippen molar-refractivity contribution < 1.29 is 0 Å². The Bertz CT molecular complexity index is 1070. The van der Waals surface area contributed by atoms with E-state index in [9.17, 15) is 9.59 Å². The molecule has 3 heterocycles. The molecule has 3 aromatic rings. The lowest BCUT2D eigenvalue weighted by Crippen LogP contribution is -2.31. The van der Waals surface area contributed by atoms with Crippen LogP contribution in [0.2, 0.25) is 0 Å². The Morgan fingerprint density at radius 1 is 0.957 bits per heavy atom. The van der Waals surface area contributed by atoms with Crippen LogP contribution in [-0.4, -0.2) is 13.9 Å². The van der Waals surface area contributed by atoms with Crippen LogP contribution in [0.1, 0.15) is 41.5 Å². The smallest absolute Gasteiger partial charge is 0.245 e. The second-order valence-electron chi connectivity index (χ2n) is 6.63. The molecule has 0 radical (unpaired) electrons. The summed E-state index contributed by atoms with van der Waals surface area (Å²) in [6.07, 6.45) is 0.983. The van der Waals surface area contributed by atoms with Gasteiger partial charge in [0.1, 0.15) is 0 Å². The lowest BCUT2D eigenvalue weighted by Gasteiger charge is -2.23. The van der Waals surface area contributed by atoms with Crippen molar-refractivity contribution in [1.29, 1.82) is 0 Å². The quantitative estimate of drug-likeness (QED) is 0.689. The number of thiophene rings is 1. The van der Waals surface area contributed by atoms with Crippen LogP contribution >= 0.6 is 11.3 Å². The number of fused-ring (bicyclic) bond motifs is 4. The largest absolute Gasteiger partial charge is 0.352 e. The molecule has 0 amide bonds. The van der Waals surface area contributed by atoms with Gasteiger partial charge in [0, 0.05) is 11.8 Å². The maximum atomic E-state index is 13.0. The van der Waals surface area contributed by atoms with Crippen molar-refractivity contribution in [2.24, 2.45) is 0 Å². The van der Waals surface area contributed by atoms with E-state index in [2.05, 4.69) is 10.8 Å². The predicted octanol–water partition coefficient (Wildman–Crippen LogP) is 2.24. The maximum Gasteiger partial charge on any atom is 0.352 e. The molecule has 4 atom stereocenters. The van der Waals surface area contributed by atoms with Crippen LogP contribution in [0.25, 0.3) is 5.69 Å². The lowest BCUT2D eigenvalue weighted by atomic mass is 9.92. The van der Waals surface area contributed by atoms with Crippen LogP contribution in [0.15, 0.2) is 50.7 Å². The average molecular weight is 323 g/mol. The molecule has 3 aliphatic rings. The Labute approximate surface area is 135 Å². The molecule has 0 saturated heterocycles.